The van der Waals surface area contributed by atoms with E-state index in [1.165, 1.54) is 25.7 Å². The molecule has 0 radical (unpaired) electrons. The Bertz CT molecular complexity index is 149. The molecule has 3 atom stereocenters. The van der Waals surface area contributed by atoms with E-state index < -0.39 is 0 Å². The third kappa shape index (κ3) is 3.25. The molecule has 2 heteroatoms. The predicted molar refractivity (Wildman–Crippen MR) is 60.2 cm³/mol. The van der Waals surface area contributed by atoms with Crippen LogP contribution in [0.25, 0.3) is 0 Å². The van der Waals surface area contributed by atoms with Crippen LogP contribution in [0.1, 0.15) is 39.0 Å². The molecule has 1 saturated carbocycles. The first-order valence-corrected chi connectivity index (χ1v) is 6.05. The number of aliphatic hydroxyl groups is 1. The van der Waals surface area contributed by atoms with Gasteiger partial charge in [0.15, 0.2) is 0 Å². The van der Waals surface area contributed by atoms with Gasteiger partial charge in [0.2, 0.25) is 0 Å². The molecule has 1 rings (SSSR count). The first-order valence-electron chi connectivity index (χ1n) is 6.05. The highest BCUT2D eigenvalue weighted by Crippen LogP contribution is 2.35. The van der Waals surface area contributed by atoms with E-state index in [1.807, 2.05) is 7.05 Å². The predicted octanol–water partition coefficient (Wildman–Crippen LogP) is 2.03. The van der Waals surface area contributed by atoms with Gasteiger partial charge >= 0.3 is 0 Å². The van der Waals surface area contributed by atoms with E-state index in [4.69, 9.17) is 0 Å². The second kappa shape index (κ2) is 6.41. The summed E-state index contributed by atoms with van der Waals surface area (Å²) in [5.41, 5.74) is 0. The highest BCUT2D eigenvalue weighted by Gasteiger charge is 2.27. The largest absolute Gasteiger partial charge is 0.396 e. The van der Waals surface area contributed by atoms with Crippen LogP contribution in [0, 0.1) is 17.8 Å². The van der Waals surface area contributed by atoms with Gasteiger partial charge in [-0.05, 0) is 44.2 Å². The molecule has 0 saturated heterocycles. The van der Waals surface area contributed by atoms with E-state index in [1.54, 1.807) is 0 Å². The lowest BCUT2D eigenvalue weighted by molar-refractivity contribution is 0.104. The van der Waals surface area contributed by atoms with Gasteiger partial charge in [-0.1, -0.05) is 26.2 Å². The van der Waals surface area contributed by atoms with Crippen molar-refractivity contribution in [1.29, 1.82) is 0 Å². The molecule has 0 aromatic heterocycles. The first kappa shape index (κ1) is 12.0. The molecule has 1 fully saturated rings. The fraction of sp³-hybridized carbons (Fsp3) is 1.00. The van der Waals surface area contributed by atoms with Crippen molar-refractivity contribution in [2.24, 2.45) is 17.8 Å². The maximum absolute atomic E-state index is 9.39. The van der Waals surface area contributed by atoms with Crippen molar-refractivity contribution in [3.8, 4) is 0 Å². The van der Waals surface area contributed by atoms with E-state index in [-0.39, 0.29) is 0 Å². The molecule has 0 amide bonds. The molecule has 84 valence electrons. The van der Waals surface area contributed by atoms with Crippen molar-refractivity contribution >= 4 is 0 Å². The molecule has 0 bridgehead atoms. The van der Waals surface area contributed by atoms with E-state index in [2.05, 4.69) is 12.2 Å². The van der Waals surface area contributed by atoms with Gasteiger partial charge in [-0.15, -0.1) is 0 Å². The zero-order chi connectivity index (χ0) is 10.4. The molecule has 0 aromatic rings. The highest BCUT2D eigenvalue weighted by atomic mass is 16.3. The monoisotopic (exact) mass is 199 g/mol. The Morgan fingerprint density at radius 1 is 1.36 bits per heavy atom. The minimum atomic E-state index is 0.372. The molecular weight excluding hydrogens is 174 g/mol. The molecule has 1 aliphatic carbocycles. The minimum Gasteiger partial charge on any atom is -0.396 e. The zero-order valence-electron chi connectivity index (χ0n) is 9.63. The van der Waals surface area contributed by atoms with Crippen LogP contribution in [0.15, 0.2) is 0 Å². The average molecular weight is 199 g/mol. The van der Waals surface area contributed by atoms with Crippen molar-refractivity contribution in [3.05, 3.63) is 0 Å². The van der Waals surface area contributed by atoms with Gasteiger partial charge in [0.1, 0.15) is 0 Å². The Balaban J connectivity index is 2.40. The Hall–Kier alpha value is -0.0800. The Kier molecular flexibility index (Phi) is 5.49. The Morgan fingerprint density at radius 3 is 2.64 bits per heavy atom. The summed E-state index contributed by atoms with van der Waals surface area (Å²) in [5, 5.41) is 12.6. The summed E-state index contributed by atoms with van der Waals surface area (Å²) < 4.78 is 0. The topological polar surface area (TPSA) is 32.3 Å². The summed E-state index contributed by atoms with van der Waals surface area (Å²) in [6.07, 6.45) is 6.58. The fourth-order valence-electron chi connectivity index (χ4n) is 2.82. The van der Waals surface area contributed by atoms with Crippen LogP contribution in [-0.4, -0.2) is 25.3 Å². The van der Waals surface area contributed by atoms with Crippen LogP contribution in [0.4, 0.5) is 0 Å². The lowest BCUT2D eigenvalue weighted by atomic mass is 9.72. The van der Waals surface area contributed by atoms with E-state index in [9.17, 15) is 5.11 Å². The van der Waals surface area contributed by atoms with Crippen molar-refractivity contribution in [2.75, 3.05) is 20.2 Å². The van der Waals surface area contributed by atoms with Crippen molar-refractivity contribution in [3.63, 3.8) is 0 Å². The summed E-state index contributed by atoms with van der Waals surface area (Å²) in [7, 11) is 1.98. The van der Waals surface area contributed by atoms with Crippen LogP contribution in [-0.2, 0) is 0 Å². The van der Waals surface area contributed by atoms with Gasteiger partial charge in [0.25, 0.3) is 0 Å². The number of hydrogen-bond donors (Lipinski definition) is 2. The van der Waals surface area contributed by atoms with Crippen LogP contribution in [0.2, 0.25) is 0 Å². The molecule has 0 heterocycles. The summed E-state index contributed by atoms with van der Waals surface area (Å²) >= 11 is 0. The smallest absolute Gasteiger partial charge is 0.0462 e. The van der Waals surface area contributed by atoms with Gasteiger partial charge in [-0.25, -0.2) is 0 Å². The SMILES string of the molecule is CNCCC(CO)C1CCCCC1C. The summed E-state index contributed by atoms with van der Waals surface area (Å²) in [6.45, 7) is 3.76. The fourth-order valence-corrected chi connectivity index (χ4v) is 2.82. The zero-order valence-corrected chi connectivity index (χ0v) is 9.63. The maximum atomic E-state index is 9.39. The standard InChI is InChI=1S/C12H25NO/c1-10-5-3-4-6-12(10)11(9-14)7-8-13-2/h10-14H,3-9H2,1-2H3. The van der Waals surface area contributed by atoms with Gasteiger partial charge < -0.3 is 10.4 Å². The third-order valence-electron chi connectivity index (χ3n) is 3.78. The second-order valence-corrected chi connectivity index (χ2v) is 4.76. The summed E-state index contributed by atoms with van der Waals surface area (Å²) in [6, 6.07) is 0. The van der Waals surface area contributed by atoms with Gasteiger partial charge in [-0.3, -0.25) is 0 Å². The summed E-state index contributed by atoms with van der Waals surface area (Å²) in [5.74, 6) is 2.11. The molecule has 0 aliphatic heterocycles. The molecule has 0 aromatic carbocycles. The molecule has 14 heavy (non-hydrogen) atoms. The third-order valence-corrected chi connectivity index (χ3v) is 3.78. The number of rotatable bonds is 5. The minimum absolute atomic E-state index is 0.372. The highest BCUT2D eigenvalue weighted by molar-refractivity contribution is 4.78. The van der Waals surface area contributed by atoms with Crippen molar-refractivity contribution in [2.45, 2.75) is 39.0 Å². The van der Waals surface area contributed by atoms with Crippen LogP contribution in [0.5, 0.6) is 0 Å². The number of hydrogen-bond acceptors (Lipinski definition) is 2. The second-order valence-electron chi connectivity index (χ2n) is 4.76. The molecule has 0 spiro atoms. The summed E-state index contributed by atoms with van der Waals surface area (Å²) in [4.78, 5) is 0. The number of nitrogens with one attached hydrogen (secondary N) is 1. The maximum Gasteiger partial charge on any atom is 0.0462 e. The normalized spacial score (nSPS) is 30.2. The average Bonchev–Trinajstić information content (AvgIpc) is 2.21. The van der Waals surface area contributed by atoms with E-state index in [0.29, 0.717) is 12.5 Å². The molecule has 3 unspecified atom stereocenters. The van der Waals surface area contributed by atoms with Crippen molar-refractivity contribution < 1.29 is 5.11 Å². The van der Waals surface area contributed by atoms with Gasteiger partial charge in [-0.2, -0.15) is 0 Å². The molecule has 1 aliphatic rings. The van der Waals surface area contributed by atoms with E-state index in [0.717, 1.165) is 24.8 Å². The Morgan fingerprint density at radius 2 is 2.07 bits per heavy atom. The van der Waals surface area contributed by atoms with Gasteiger partial charge in [0.05, 0.1) is 0 Å². The first-order chi connectivity index (χ1) is 6.79. The lowest BCUT2D eigenvalue weighted by Crippen LogP contribution is -2.29. The van der Waals surface area contributed by atoms with E-state index >= 15 is 0 Å². The molecule has 2 nitrogen and oxygen atoms in total. The lowest BCUT2D eigenvalue weighted by Gasteiger charge is -2.34. The van der Waals surface area contributed by atoms with Crippen molar-refractivity contribution in [1.82, 2.24) is 5.32 Å². The number of aliphatic hydroxyl groups excluding tert-OH is 1. The quantitative estimate of drug-likeness (QED) is 0.710. The molecular formula is C12H25NO. The van der Waals surface area contributed by atoms with Crippen LogP contribution < -0.4 is 5.32 Å². The van der Waals surface area contributed by atoms with Gasteiger partial charge in [0, 0.05) is 6.61 Å². The van der Waals surface area contributed by atoms with Crippen LogP contribution >= 0.6 is 0 Å². The molecule has 2 N–H and O–H groups in total. The van der Waals surface area contributed by atoms with Crippen LogP contribution in [0.3, 0.4) is 0 Å². The Labute approximate surface area is 88.1 Å².